The van der Waals surface area contributed by atoms with Crippen LogP contribution in [0.25, 0.3) is 21.5 Å². The largest absolute Gasteiger partial charge is 0.490 e. The second-order valence-corrected chi connectivity index (χ2v) is 22.5. The molecule has 2 heterocycles. The van der Waals surface area contributed by atoms with E-state index in [4.69, 9.17) is 14.6 Å². The van der Waals surface area contributed by atoms with Crippen molar-refractivity contribution in [3.05, 3.63) is 83.9 Å². The van der Waals surface area contributed by atoms with Crippen LogP contribution in [0.1, 0.15) is 161 Å². The van der Waals surface area contributed by atoms with Gasteiger partial charge in [-0.15, -0.1) is 0 Å². The topological polar surface area (TPSA) is 125 Å². The van der Waals surface area contributed by atoms with Gasteiger partial charge in [0.2, 0.25) is 0 Å². The van der Waals surface area contributed by atoms with E-state index in [1.165, 1.54) is 42.0 Å². The van der Waals surface area contributed by atoms with E-state index in [-0.39, 0.29) is 0 Å². The molecule has 366 valence electrons. The molecule has 67 heavy (non-hydrogen) atoms. The second-order valence-electron chi connectivity index (χ2n) is 22.5. The number of likely N-dealkylation sites (tertiary alicyclic amines) is 1. The minimum atomic E-state index is -0.629. The van der Waals surface area contributed by atoms with E-state index in [0.717, 1.165) is 131 Å². The number of ether oxygens (including phenoxy) is 2. The van der Waals surface area contributed by atoms with Crippen LogP contribution in [0.15, 0.2) is 72.8 Å². The summed E-state index contributed by atoms with van der Waals surface area (Å²) in [6, 6.07) is 25.1. The van der Waals surface area contributed by atoms with Crippen LogP contribution in [0.3, 0.4) is 0 Å². The van der Waals surface area contributed by atoms with E-state index in [0.29, 0.717) is 35.0 Å². The first kappa shape index (κ1) is 51.9. The maximum absolute atomic E-state index is 11.7. The van der Waals surface area contributed by atoms with Crippen molar-refractivity contribution in [2.75, 3.05) is 26.2 Å². The molecule has 2 aliphatic carbocycles. The van der Waals surface area contributed by atoms with Crippen LogP contribution in [0.4, 0.5) is 0 Å². The first-order valence-electron chi connectivity index (χ1n) is 25.6. The molecular weight excluding hydrogens is 837 g/mol. The number of nitrogens with zero attached hydrogens (tertiary/aromatic N) is 1. The Labute approximate surface area is 401 Å². The molecule has 9 heteroatoms. The Morgan fingerprint density at radius 1 is 0.612 bits per heavy atom. The molecule has 9 nitrogen and oxygen atoms in total. The van der Waals surface area contributed by atoms with Gasteiger partial charge in [-0.05, 0) is 202 Å². The van der Waals surface area contributed by atoms with Crippen molar-refractivity contribution in [1.29, 1.82) is 0 Å². The summed E-state index contributed by atoms with van der Waals surface area (Å²) < 4.78 is 12.6. The number of rotatable bonds is 11. The fourth-order valence-corrected chi connectivity index (χ4v) is 11.1. The lowest BCUT2D eigenvalue weighted by Gasteiger charge is -2.38. The molecule has 0 bridgehead atoms. The Hall–Kier alpha value is -4.47. The Balaban J connectivity index is 0.000000188. The molecule has 2 saturated heterocycles. The predicted molar refractivity (Wildman–Crippen MR) is 272 cm³/mol. The van der Waals surface area contributed by atoms with Crippen LogP contribution in [0.2, 0.25) is 0 Å². The quantitative estimate of drug-likeness (QED) is 0.126. The van der Waals surface area contributed by atoms with Crippen molar-refractivity contribution < 1.29 is 34.1 Å². The van der Waals surface area contributed by atoms with Gasteiger partial charge < -0.3 is 25.0 Å². The average Bonchev–Trinajstić information content (AvgIpc) is 3.32. The molecular formula is C58H82N2O7. The molecule has 4 aliphatic rings. The minimum Gasteiger partial charge on any atom is -0.490 e. The summed E-state index contributed by atoms with van der Waals surface area (Å²) in [5.74, 6) is 2.28. The standard InChI is InChI=1S/C29H41NO3.C21H26O2.C8H15NO2/c1-5-29(27(31)32)14-16-30(17-15-29)20-21-6-7-23-19-26(11-8-22(23)18-21)33-25-12-9-24(10-13-25)28(2,3)4;1-21(2,3)18-7-10-19(11-8-18)23-20-9-6-16-12-15(14-22)4-5-17(16)13-20;1-2-8(7(10)11)3-5-9-6-4-8/h6-8,11,18-19,24-25H,5,9-10,12-17,20H2,1-4H3,(H,31,32);4-6,9,12-14,18-19H,7-8,10-11H2,1-3H3;9H,2-6H2,1H3,(H,10,11). The van der Waals surface area contributed by atoms with E-state index in [2.05, 4.69) is 94.2 Å². The summed E-state index contributed by atoms with van der Waals surface area (Å²) in [6.07, 6.45) is 15.7. The van der Waals surface area contributed by atoms with E-state index in [1.54, 1.807) is 0 Å². The molecule has 4 aromatic carbocycles. The van der Waals surface area contributed by atoms with Crippen molar-refractivity contribution in [2.45, 2.75) is 164 Å². The van der Waals surface area contributed by atoms with E-state index >= 15 is 0 Å². The zero-order valence-electron chi connectivity index (χ0n) is 42.1. The second kappa shape index (κ2) is 22.8. The van der Waals surface area contributed by atoms with Crippen LogP contribution < -0.4 is 14.8 Å². The zero-order chi connectivity index (χ0) is 48.4. The summed E-state index contributed by atoms with van der Waals surface area (Å²) in [5, 5.41) is 26.4. The van der Waals surface area contributed by atoms with Gasteiger partial charge in [-0.2, -0.15) is 0 Å². The Bertz CT molecular complexity index is 2240. The lowest BCUT2D eigenvalue weighted by atomic mass is 9.72. The van der Waals surface area contributed by atoms with Crippen molar-refractivity contribution in [3.8, 4) is 11.5 Å². The van der Waals surface area contributed by atoms with E-state index in [9.17, 15) is 19.5 Å². The highest BCUT2D eigenvalue weighted by Crippen LogP contribution is 2.41. The van der Waals surface area contributed by atoms with Gasteiger partial charge in [0.1, 0.15) is 17.8 Å². The van der Waals surface area contributed by atoms with Gasteiger partial charge in [-0.3, -0.25) is 19.3 Å². The molecule has 0 unspecified atom stereocenters. The Morgan fingerprint density at radius 2 is 1.03 bits per heavy atom. The van der Waals surface area contributed by atoms with Crippen LogP contribution >= 0.6 is 0 Å². The summed E-state index contributed by atoms with van der Waals surface area (Å²) in [5.41, 5.74) is 1.86. The number of hydrogen-bond donors (Lipinski definition) is 3. The maximum atomic E-state index is 11.7. The summed E-state index contributed by atoms with van der Waals surface area (Å²) >= 11 is 0. The molecule has 2 aliphatic heterocycles. The molecule has 0 atom stereocenters. The first-order chi connectivity index (χ1) is 31.8. The third-order valence-corrected chi connectivity index (χ3v) is 16.3. The Kier molecular flexibility index (Phi) is 17.6. The fourth-order valence-electron chi connectivity index (χ4n) is 11.1. The molecule has 0 radical (unpaired) electrons. The number of carboxylic acids is 2. The number of hydrogen-bond acceptors (Lipinski definition) is 7. The molecule has 4 aromatic rings. The van der Waals surface area contributed by atoms with Crippen molar-refractivity contribution in [1.82, 2.24) is 10.2 Å². The highest BCUT2D eigenvalue weighted by molar-refractivity contribution is 5.89. The lowest BCUT2D eigenvalue weighted by Crippen LogP contribution is -2.43. The molecule has 4 fully saturated rings. The van der Waals surface area contributed by atoms with Gasteiger partial charge in [0.15, 0.2) is 0 Å². The first-order valence-corrected chi connectivity index (χ1v) is 25.6. The van der Waals surface area contributed by atoms with Crippen LogP contribution in [-0.4, -0.2) is 71.7 Å². The molecule has 0 spiro atoms. The van der Waals surface area contributed by atoms with E-state index in [1.807, 2.05) is 44.2 Å². The normalized spacial score (nSPS) is 23.2. The number of carbonyl (C=O) groups is 3. The van der Waals surface area contributed by atoms with E-state index < -0.39 is 22.8 Å². The molecule has 8 rings (SSSR count). The smallest absolute Gasteiger partial charge is 0.309 e. The SMILES string of the molecule is CC(C)(C)C1CCC(Oc2ccc3cc(C=O)ccc3c2)CC1.CCC1(C(=O)O)CCN(Cc2ccc3cc(OC4CCC(C(C)(C)C)CC4)ccc3c2)CC1.CCC1(C(=O)O)CCNCC1. The third kappa shape index (κ3) is 13.8. The van der Waals surface area contributed by atoms with Gasteiger partial charge >= 0.3 is 11.9 Å². The monoisotopic (exact) mass is 919 g/mol. The van der Waals surface area contributed by atoms with Crippen LogP contribution in [0, 0.1) is 33.5 Å². The predicted octanol–water partition coefficient (Wildman–Crippen LogP) is 13.4. The van der Waals surface area contributed by atoms with Gasteiger partial charge in [0.05, 0.1) is 23.0 Å². The summed E-state index contributed by atoms with van der Waals surface area (Å²) in [7, 11) is 0. The van der Waals surface area contributed by atoms with Gasteiger partial charge in [-0.25, -0.2) is 0 Å². The van der Waals surface area contributed by atoms with Gasteiger partial charge in [0, 0.05) is 12.1 Å². The third-order valence-electron chi connectivity index (χ3n) is 16.3. The summed E-state index contributed by atoms with van der Waals surface area (Å²) in [6.45, 7) is 22.3. The number of piperidine rings is 2. The minimum absolute atomic E-state index is 0.334. The van der Waals surface area contributed by atoms with Crippen LogP contribution in [-0.2, 0) is 16.1 Å². The summed E-state index contributed by atoms with van der Waals surface area (Å²) in [4.78, 5) is 35.8. The maximum Gasteiger partial charge on any atom is 0.309 e. The number of aldehydes is 1. The molecule has 0 amide bonds. The highest BCUT2D eigenvalue weighted by Gasteiger charge is 2.40. The Morgan fingerprint density at radius 3 is 1.45 bits per heavy atom. The van der Waals surface area contributed by atoms with Gasteiger partial charge in [0.25, 0.3) is 0 Å². The number of carboxylic acid groups (broad SMARTS) is 2. The van der Waals surface area contributed by atoms with Crippen molar-refractivity contribution in [2.24, 2.45) is 33.5 Å². The molecule has 3 N–H and O–H groups in total. The number of fused-ring (bicyclic) bond motifs is 2. The van der Waals surface area contributed by atoms with Crippen molar-refractivity contribution >= 4 is 39.8 Å². The fraction of sp³-hybridized carbons (Fsp3) is 0.603. The number of carbonyl (C=O) groups excluding carboxylic acids is 1. The number of benzene rings is 4. The lowest BCUT2D eigenvalue weighted by molar-refractivity contribution is -0.152. The zero-order valence-corrected chi connectivity index (χ0v) is 42.1. The van der Waals surface area contributed by atoms with Crippen molar-refractivity contribution in [3.63, 3.8) is 0 Å². The van der Waals surface area contributed by atoms with Crippen LogP contribution in [0.5, 0.6) is 11.5 Å². The highest BCUT2D eigenvalue weighted by atomic mass is 16.5. The number of nitrogens with one attached hydrogen (secondary N) is 1. The molecule has 0 aromatic heterocycles. The average molecular weight is 919 g/mol. The molecule has 2 saturated carbocycles. The van der Waals surface area contributed by atoms with Gasteiger partial charge in [-0.1, -0.05) is 91.8 Å². The number of aliphatic carboxylic acids is 2.